The lowest BCUT2D eigenvalue weighted by molar-refractivity contribution is -0.137. The fraction of sp³-hybridized carbons (Fsp3) is 0.462. The Bertz CT molecular complexity index is 464. The van der Waals surface area contributed by atoms with Gasteiger partial charge in [0.25, 0.3) is 0 Å². The molecule has 0 saturated heterocycles. The van der Waals surface area contributed by atoms with Crippen LogP contribution in [-0.2, 0) is 6.18 Å². The van der Waals surface area contributed by atoms with Gasteiger partial charge >= 0.3 is 6.18 Å². The second-order valence-corrected chi connectivity index (χ2v) is 4.63. The fourth-order valence-electron chi connectivity index (χ4n) is 1.73. The maximum absolute atomic E-state index is 12.4. The predicted molar refractivity (Wildman–Crippen MR) is 62.9 cm³/mol. The Labute approximate surface area is 103 Å². The highest BCUT2D eigenvalue weighted by molar-refractivity contribution is 5.83. The number of alkyl halides is 3. The van der Waals surface area contributed by atoms with E-state index in [0.29, 0.717) is 11.5 Å². The van der Waals surface area contributed by atoms with Gasteiger partial charge in [0.2, 0.25) is 0 Å². The Kier molecular flexibility index (Phi) is 3.32. The van der Waals surface area contributed by atoms with Crippen molar-refractivity contribution in [3.05, 3.63) is 29.3 Å². The minimum Gasteiger partial charge on any atom is -0.507 e. The summed E-state index contributed by atoms with van der Waals surface area (Å²) in [6.07, 6.45) is -0.693. The molecule has 1 atom stereocenters. The molecular weight excluding hydrogens is 243 g/mol. The number of hydrogen-bond donors (Lipinski definition) is 1. The molecule has 5 heteroatoms. The molecule has 2 nitrogen and oxygen atoms in total. The van der Waals surface area contributed by atoms with Gasteiger partial charge in [0, 0.05) is 17.8 Å². The second kappa shape index (κ2) is 4.63. The summed E-state index contributed by atoms with van der Waals surface area (Å²) in [5.41, 5.74) is -0.539. The van der Waals surface area contributed by atoms with E-state index in [1.165, 1.54) is 12.3 Å². The molecule has 1 saturated carbocycles. The van der Waals surface area contributed by atoms with Crippen LogP contribution in [0.5, 0.6) is 5.75 Å². The van der Waals surface area contributed by atoms with Gasteiger partial charge in [-0.05, 0) is 43.9 Å². The lowest BCUT2D eigenvalue weighted by Crippen LogP contribution is -2.05. The third-order valence-corrected chi connectivity index (χ3v) is 3.11. The van der Waals surface area contributed by atoms with Gasteiger partial charge in [0.15, 0.2) is 0 Å². The first-order valence-corrected chi connectivity index (χ1v) is 5.81. The number of benzene rings is 1. The van der Waals surface area contributed by atoms with Crippen molar-refractivity contribution < 1.29 is 18.3 Å². The minimum atomic E-state index is -4.44. The van der Waals surface area contributed by atoms with Crippen LogP contribution in [0.1, 0.15) is 30.9 Å². The molecule has 0 spiro atoms. The molecule has 1 fully saturated rings. The molecule has 0 bridgehead atoms. The summed E-state index contributed by atoms with van der Waals surface area (Å²) in [7, 11) is 0. The number of aliphatic imine (C=N–C) groups is 1. The first kappa shape index (κ1) is 12.9. The lowest BCUT2D eigenvalue weighted by Gasteiger charge is -2.08. The van der Waals surface area contributed by atoms with E-state index in [9.17, 15) is 18.3 Å². The van der Waals surface area contributed by atoms with Crippen LogP contribution in [0.25, 0.3) is 0 Å². The monoisotopic (exact) mass is 257 g/mol. The number of hydrogen-bond acceptors (Lipinski definition) is 2. The summed E-state index contributed by atoms with van der Waals surface area (Å²) in [5, 5.41) is 9.53. The average molecular weight is 257 g/mol. The first-order valence-electron chi connectivity index (χ1n) is 5.81. The molecule has 0 aliphatic heterocycles. The van der Waals surface area contributed by atoms with E-state index in [1.54, 1.807) is 0 Å². The van der Waals surface area contributed by atoms with Gasteiger partial charge in [-0.25, -0.2) is 0 Å². The van der Waals surface area contributed by atoms with Crippen LogP contribution < -0.4 is 0 Å². The Balaban J connectivity index is 2.14. The Morgan fingerprint density at radius 2 is 2.06 bits per heavy atom. The highest BCUT2D eigenvalue weighted by atomic mass is 19.4. The third-order valence-electron chi connectivity index (χ3n) is 3.11. The number of halogens is 3. The zero-order valence-electron chi connectivity index (χ0n) is 9.91. The summed E-state index contributed by atoms with van der Waals surface area (Å²) in [6.45, 7) is 1.97. The Morgan fingerprint density at radius 1 is 1.39 bits per heavy atom. The van der Waals surface area contributed by atoms with Crippen molar-refractivity contribution in [3.63, 3.8) is 0 Å². The van der Waals surface area contributed by atoms with Crippen molar-refractivity contribution in [2.45, 2.75) is 32.0 Å². The van der Waals surface area contributed by atoms with Crippen LogP contribution >= 0.6 is 0 Å². The number of rotatable bonds is 3. The number of aromatic hydroxyl groups is 1. The van der Waals surface area contributed by atoms with E-state index in [0.717, 1.165) is 25.0 Å². The van der Waals surface area contributed by atoms with Crippen molar-refractivity contribution in [1.29, 1.82) is 0 Å². The molecule has 1 aromatic carbocycles. The smallest absolute Gasteiger partial charge is 0.416 e. The number of phenolic OH excluding ortho intramolecular Hbond substituents is 1. The number of nitrogens with zero attached hydrogens (tertiary/aromatic N) is 1. The molecule has 1 N–H and O–H groups in total. The van der Waals surface area contributed by atoms with Crippen molar-refractivity contribution in [2.24, 2.45) is 10.9 Å². The largest absolute Gasteiger partial charge is 0.507 e. The minimum absolute atomic E-state index is 0.159. The molecule has 1 unspecified atom stereocenters. The quantitative estimate of drug-likeness (QED) is 0.824. The van der Waals surface area contributed by atoms with E-state index < -0.39 is 17.5 Å². The maximum atomic E-state index is 12.4. The molecule has 18 heavy (non-hydrogen) atoms. The van der Waals surface area contributed by atoms with E-state index in [2.05, 4.69) is 4.99 Å². The molecule has 2 rings (SSSR count). The van der Waals surface area contributed by atoms with Gasteiger partial charge < -0.3 is 5.11 Å². The second-order valence-electron chi connectivity index (χ2n) is 4.63. The molecule has 1 aliphatic rings. The summed E-state index contributed by atoms with van der Waals surface area (Å²) >= 11 is 0. The predicted octanol–water partition coefficient (Wildman–Crippen LogP) is 3.63. The molecule has 0 radical (unpaired) electrons. The van der Waals surface area contributed by atoms with Crippen LogP contribution in [0.15, 0.2) is 23.2 Å². The zero-order valence-corrected chi connectivity index (χ0v) is 9.91. The topological polar surface area (TPSA) is 32.6 Å². The third kappa shape index (κ3) is 3.03. The zero-order chi connectivity index (χ0) is 13.3. The summed E-state index contributed by atoms with van der Waals surface area (Å²) in [6, 6.07) is 3.07. The van der Waals surface area contributed by atoms with E-state index >= 15 is 0 Å². The Hall–Kier alpha value is -1.52. The highest BCUT2D eigenvalue weighted by Gasteiger charge is 2.31. The fourth-order valence-corrected chi connectivity index (χ4v) is 1.73. The van der Waals surface area contributed by atoms with Crippen LogP contribution in [0.4, 0.5) is 13.2 Å². The van der Waals surface area contributed by atoms with Gasteiger partial charge in [-0.1, -0.05) is 0 Å². The summed E-state index contributed by atoms with van der Waals surface area (Å²) in [5.74, 6) is 0.189. The normalized spacial score (nSPS) is 18.2. The molecular formula is C13H14F3NO. The highest BCUT2D eigenvalue weighted by Crippen LogP contribution is 2.34. The van der Waals surface area contributed by atoms with Gasteiger partial charge in [-0.3, -0.25) is 4.99 Å². The van der Waals surface area contributed by atoms with Crippen molar-refractivity contribution in [2.75, 3.05) is 0 Å². The van der Waals surface area contributed by atoms with Crippen LogP contribution in [0, 0.1) is 5.92 Å². The first-order chi connectivity index (χ1) is 8.38. The van der Waals surface area contributed by atoms with Crippen LogP contribution in [0.2, 0.25) is 0 Å². The molecule has 1 aliphatic carbocycles. The van der Waals surface area contributed by atoms with Crippen LogP contribution in [-0.4, -0.2) is 17.4 Å². The van der Waals surface area contributed by atoms with Gasteiger partial charge in [-0.2, -0.15) is 13.2 Å². The average Bonchev–Trinajstić information content (AvgIpc) is 3.09. The summed E-state index contributed by atoms with van der Waals surface area (Å²) < 4.78 is 37.1. The van der Waals surface area contributed by atoms with Crippen molar-refractivity contribution in [1.82, 2.24) is 0 Å². The SMILES string of the molecule is CC(/N=C/c1ccc(C(F)(F)F)cc1O)C1CC1. The van der Waals surface area contributed by atoms with E-state index in [-0.39, 0.29) is 6.04 Å². The van der Waals surface area contributed by atoms with Crippen molar-refractivity contribution >= 4 is 6.21 Å². The van der Waals surface area contributed by atoms with Gasteiger partial charge in [-0.15, -0.1) is 0 Å². The Morgan fingerprint density at radius 3 is 2.56 bits per heavy atom. The van der Waals surface area contributed by atoms with E-state index in [4.69, 9.17) is 0 Å². The number of phenols is 1. The summed E-state index contributed by atoms with van der Waals surface area (Å²) in [4.78, 5) is 4.24. The van der Waals surface area contributed by atoms with Gasteiger partial charge in [0.1, 0.15) is 5.75 Å². The molecule has 0 amide bonds. The molecule has 98 valence electrons. The molecule has 0 heterocycles. The lowest BCUT2D eigenvalue weighted by atomic mass is 10.1. The standard InChI is InChI=1S/C13H14F3NO/c1-8(9-2-3-9)17-7-10-4-5-11(6-12(10)18)13(14,15)16/h4-9,18H,2-3H2,1H3/b17-7+. The van der Waals surface area contributed by atoms with E-state index in [1.807, 2.05) is 6.92 Å². The maximum Gasteiger partial charge on any atom is 0.416 e. The van der Waals surface area contributed by atoms with Crippen LogP contribution in [0.3, 0.4) is 0 Å². The molecule has 0 aromatic heterocycles. The van der Waals surface area contributed by atoms with Crippen molar-refractivity contribution in [3.8, 4) is 5.75 Å². The molecule has 1 aromatic rings. The van der Waals surface area contributed by atoms with Gasteiger partial charge in [0.05, 0.1) is 5.56 Å².